The molecule has 2 aromatic rings. The van der Waals surface area contributed by atoms with Crippen LogP contribution in [0.1, 0.15) is 37.3 Å². The van der Waals surface area contributed by atoms with Gasteiger partial charge in [-0.05, 0) is 66.8 Å². The topological polar surface area (TPSA) is 69.7 Å². The SMILES string of the molecule is CCc1cc(Br)ccc1N1C(=O)CC(N2CCNC2=C2CCC(=Cc3ccc(Cl)cc3)C2=O)C1=O. The smallest absolute Gasteiger partial charge is 0.257 e. The van der Waals surface area contributed by atoms with Crippen LogP contribution in [0.5, 0.6) is 0 Å². The van der Waals surface area contributed by atoms with E-state index in [4.69, 9.17) is 11.6 Å². The zero-order chi connectivity index (χ0) is 24.7. The number of imide groups is 1. The molecule has 1 aliphatic carbocycles. The van der Waals surface area contributed by atoms with E-state index in [9.17, 15) is 14.4 Å². The number of hydrogen-bond donors (Lipinski definition) is 1. The van der Waals surface area contributed by atoms with Gasteiger partial charge in [-0.3, -0.25) is 14.4 Å². The van der Waals surface area contributed by atoms with E-state index in [-0.39, 0.29) is 24.0 Å². The zero-order valence-electron chi connectivity index (χ0n) is 19.3. The van der Waals surface area contributed by atoms with Gasteiger partial charge in [-0.1, -0.05) is 46.6 Å². The Balaban J connectivity index is 1.42. The normalized spacial score (nSPS) is 23.7. The Hall–Kier alpha value is -2.90. The molecule has 2 aliphatic heterocycles. The van der Waals surface area contributed by atoms with Gasteiger partial charge in [0.2, 0.25) is 5.91 Å². The average Bonchev–Trinajstić information content (AvgIpc) is 3.53. The maximum Gasteiger partial charge on any atom is 0.257 e. The highest BCUT2D eigenvalue weighted by Gasteiger charge is 2.46. The zero-order valence-corrected chi connectivity index (χ0v) is 21.7. The van der Waals surface area contributed by atoms with Crippen LogP contribution >= 0.6 is 27.5 Å². The summed E-state index contributed by atoms with van der Waals surface area (Å²) in [5.74, 6) is 0.226. The molecule has 1 N–H and O–H groups in total. The molecule has 3 aliphatic rings. The van der Waals surface area contributed by atoms with Gasteiger partial charge >= 0.3 is 0 Å². The highest BCUT2D eigenvalue weighted by molar-refractivity contribution is 9.10. The molecule has 0 radical (unpaired) electrons. The summed E-state index contributed by atoms with van der Waals surface area (Å²) in [6, 6.07) is 12.4. The number of allylic oxidation sites excluding steroid dienone is 2. The number of nitrogens with zero attached hydrogens (tertiary/aromatic N) is 2. The highest BCUT2D eigenvalue weighted by Crippen LogP contribution is 2.36. The minimum atomic E-state index is -0.620. The van der Waals surface area contributed by atoms with Gasteiger partial charge in [0.05, 0.1) is 12.1 Å². The maximum atomic E-state index is 13.5. The van der Waals surface area contributed by atoms with E-state index < -0.39 is 6.04 Å². The molecular weight excluding hydrogens is 530 g/mol. The number of anilines is 1. The lowest BCUT2D eigenvalue weighted by molar-refractivity contribution is -0.122. The fourth-order valence-electron chi connectivity index (χ4n) is 5.07. The number of carbonyl (C=O) groups is 3. The van der Waals surface area contributed by atoms with Gasteiger partial charge in [0.15, 0.2) is 5.78 Å². The van der Waals surface area contributed by atoms with Crippen molar-refractivity contribution in [3.8, 4) is 0 Å². The molecule has 0 spiro atoms. The third-order valence-corrected chi connectivity index (χ3v) is 7.55. The molecule has 2 aromatic carbocycles. The number of benzene rings is 2. The Bertz CT molecular complexity index is 1290. The fraction of sp³-hybridized carbons (Fsp3) is 0.296. The molecule has 0 aromatic heterocycles. The second-order valence-electron chi connectivity index (χ2n) is 8.91. The number of aryl methyl sites for hydroxylation is 1. The molecule has 35 heavy (non-hydrogen) atoms. The van der Waals surface area contributed by atoms with Gasteiger partial charge in [-0.2, -0.15) is 0 Å². The summed E-state index contributed by atoms with van der Waals surface area (Å²) < 4.78 is 0.909. The van der Waals surface area contributed by atoms with Crippen LogP contribution < -0.4 is 10.2 Å². The van der Waals surface area contributed by atoms with Crippen molar-refractivity contribution in [2.24, 2.45) is 0 Å². The van der Waals surface area contributed by atoms with Crippen molar-refractivity contribution in [3.05, 3.63) is 80.1 Å². The molecule has 8 heteroatoms. The number of Topliss-reactive ketones (excluding diaryl/α,β-unsaturated/α-hetero) is 1. The molecule has 180 valence electrons. The van der Waals surface area contributed by atoms with E-state index in [1.54, 1.807) is 12.1 Å². The second kappa shape index (κ2) is 9.63. The molecule has 2 saturated heterocycles. The maximum absolute atomic E-state index is 13.5. The summed E-state index contributed by atoms with van der Waals surface area (Å²) in [5.41, 5.74) is 3.91. The molecular formula is C27H25BrClN3O3. The van der Waals surface area contributed by atoms with Crippen molar-refractivity contribution >= 4 is 56.9 Å². The Morgan fingerprint density at radius 1 is 1.11 bits per heavy atom. The van der Waals surface area contributed by atoms with Crippen LogP contribution in [0.4, 0.5) is 5.69 Å². The Kier molecular flexibility index (Phi) is 6.55. The van der Waals surface area contributed by atoms with Crippen LogP contribution in [-0.4, -0.2) is 41.6 Å². The average molecular weight is 555 g/mol. The largest absolute Gasteiger partial charge is 0.370 e. The Morgan fingerprint density at radius 3 is 2.63 bits per heavy atom. The van der Waals surface area contributed by atoms with Gasteiger partial charge < -0.3 is 10.2 Å². The number of rotatable bonds is 4. The number of carbonyl (C=O) groups excluding carboxylic acids is 3. The molecule has 6 nitrogen and oxygen atoms in total. The Morgan fingerprint density at radius 2 is 1.89 bits per heavy atom. The van der Waals surface area contributed by atoms with Gasteiger partial charge in [0.25, 0.3) is 5.91 Å². The van der Waals surface area contributed by atoms with Crippen LogP contribution in [0, 0.1) is 0 Å². The van der Waals surface area contributed by atoms with Crippen molar-refractivity contribution in [1.29, 1.82) is 0 Å². The highest BCUT2D eigenvalue weighted by atomic mass is 79.9. The standard InChI is InChI=1S/C27H25BrClN3O3/c1-2-17-14-19(28)6-10-22(17)32-24(33)15-23(27(32)35)31-12-11-30-26(31)21-9-5-18(25(21)34)13-16-3-7-20(29)8-4-16/h3-4,6-8,10,13-14,23,30H,2,5,9,11-12,15H2,1H3. The predicted molar refractivity (Wildman–Crippen MR) is 140 cm³/mol. The summed E-state index contributed by atoms with van der Waals surface area (Å²) in [4.78, 5) is 43.1. The van der Waals surface area contributed by atoms with Crippen LogP contribution in [0.15, 0.2) is 63.9 Å². The van der Waals surface area contributed by atoms with E-state index >= 15 is 0 Å². The molecule has 2 amide bonds. The van der Waals surface area contributed by atoms with Gasteiger partial charge in [-0.15, -0.1) is 0 Å². The van der Waals surface area contributed by atoms with Crippen molar-refractivity contribution in [2.45, 2.75) is 38.6 Å². The van der Waals surface area contributed by atoms with E-state index in [2.05, 4.69) is 21.2 Å². The van der Waals surface area contributed by atoms with Gasteiger partial charge in [0.1, 0.15) is 11.9 Å². The van der Waals surface area contributed by atoms with E-state index in [1.165, 1.54) is 4.90 Å². The number of ketones is 1. The molecule has 1 unspecified atom stereocenters. The summed E-state index contributed by atoms with van der Waals surface area (Å²) in [7, 11) is 0. The summed E-state index contributed by atoms with van der Waals surface area (Å²) in [5, 5.41) is 3.97. The minimum Gasteiger partial charge on any atom is -0.370 e. The first-order chi connectivity index (χ1) is 16.9. The first-order valence-corrected chi connectivity index (χ1v) is 12.9. The van der Waals surface area contributed by atoms with Crippen LogP contribution in [0.25, 0.3) is 6.08 Å². The predicted octanol–water partition coefficient (Wildman–Crippen LogP) is 4.86. The fourth-order valence-corrected chi connectivity index (χ4v) is 5.61. The van der Waals surface area contributed by atoms with Gasteiger partial charge in [0, 0.05) is 33.7 Å². The first-order valence-electron chi connectivity index (χ1n) is 11.8. The monoisotopic (exact) mass is 553 g/mol. The molecule has 0 bridgehead atoms. The number of hydrogen-bond acceptors (Lipinski definition) is 5. The molecule has 5 rings (SSSR count). The number of halogens is 2. The van der Waals surface area contributed by atoms with Crippen molar-refractivity contribution in [2.75, 3.05) is 18.0 Å². The van der Waals surface area contributed by atoms with Crippen LogP contribution in [0.3, 0.4) is 0 Å². The van der Waals surface area contributed by atoms with Crippen molar-refractivity contribution in [1.82, 2.24) is 10.2 Å². The van der Waals surface area contributed by atoms with Crippen LogP contribution in [0.2, 0.25) is 5.02 Å². The summed E-state index contributed by atoms with van der Waals surface area (Å²) in [6.45, 7) is 3.20. The van der Waals surface area contributed by atoms with Crippen LogP contribution in [-0.2, 0) is 20.8 Å². The molecule has 1 saturated carbocycles. The minimum absolute atomic E-state index is 0.0100. The molecule has 1 atom stereocenters. The Labute approximate surface area is 217 Å². The first kappa shape index (κ1) is 23.8. The van der Waals surface area contributed by atoms with Crippen molar-refractivity contribution < 1.29 is 14.4 Å². The number of nitrogens with one attached hydrogen (secondary N) is 1. The lowest BCUT2D eigenvalue weighted by Gasteiger charge is -2.26. The lowest BCUT2D eigenvalue weighted by Crippen LogP contribution is -2.41. The summed E-state index contributed by atoms with van der Waals surface area (Å²) >= 11 is 9.44. The lowest BCUT2D eigenvalue weighted by atomic mass is 10.1. The second-order valence-corrected chi connectivity index (χ2v) is 10.3. The van der Waals surface area contributed by atoms with E-state index in [0.29, 0.717) is 54.5 Å². The van der Waals surface area contributed by atoms with E-state index in [0.717, 1.165) is 21.2 Å². The summed E-state index contributed by atoms with van der Waals surface area (Å²) in [6.07, 6.45) is 3.93. The molecule has 3 fully saturated rings. The van der Waals surface area contributed by atoms with Gasteiger partial charge in [-0.25, -0.2) is 4.90 Å². The number of amides is 2. The third kappa shape index (κ3) is 4.43. The molecule has 2 heterocycles. The third-order valence-electron chi connectivity index (χ3n) is 6.80. The van der Waals surface area contributed by atoms with E-state index in [1.807, 2.05) is 48.2 Å². The van der Waals surface area contributed by atoms with Crippen molar-refractivity contribution in [3.63, 3.8) is 0 Å². The quantitative estimate of drug-likeness (QED) is 0.432.